The third-order valence-corrected chi connectivity index (χ3v) is 5.22. The zero-order valence-electron chi connectivity index (χ0n) is 13.5. The summed E-state index contributed by atoms with van der Waals surface area (Å²) in [7, 11) is 0. The standard InChI is InChI=1S/C19H15FN2O2S/c1-12-4-9-18(25-12)16-11-15(13-5-7-14(20)8-6-13)21-22(16)19(23)17-3-2-10-24-17/h2-10,16H,11H2,1H3/t16-/m0/s1. The van der Waals surface area contributed by atoms with Crippen LogP contribution in [-0.4, -0.2) is 16.6 Å². The van der Waals surface area contributed by atoms with E-state index in [1.54, 1.807) is 35.6 Å². The number of aryl methyl sites for hydroxylation is 1. The van der Waals surface area contributed by atoms with E-state index in [2.05, 4.69) is 5.10 Å². The van der Waals surface area contributed by atoms with Crippen LogP contribution in [0.25, 0.3) is 0 Å². The molecule has 1 aliphatic heterocycles. The Balaban J connectivity index is 1.71. The molecule has 1 atom stereocenters. The maximum absolute atomic E-state index is 13.2. The number of carbonyl (C=O) groups is 1. The fraction of sp³-hybridized carbons (Fsp3) is 0.158. The van der Waals surface area contributed by atoms with E-state index in [4.69, 9.17) is 4.42 Å². The number of carbonyl (C=O) groups excluding carboxylic acids is 1. The molecule has 126 valence electrons. The number of thiophene rings is 1. The van der Waals surface area contributed by atoms with Gasteiger partial charge in [-0.3, -0.25) is 4.79 Å². The molecular formula is C19H15FN2O2S. The van der Waals surface area contributed by atoms with Gasteiger partial charge in [-0.2, -0.15) is 5.10 Å². The van der Waals surface area contributed by atoms with Crippen molar-refractivity contribution >= 4 is 23.0 Å². The summed E-state index contributed by atoms with van der Waals surface area (Å²) in [6.07, 6.45) is 2.05. The first-order valence-corrected chi connectivity index (χ1v) is 8.70. The topological polar surface area (TPSA) is 45.8 Å². The normalized spacial score (nSPS) is 17.0. The Hall–Kier alpha value is -2.73. The second-order valence-corrected chi connectivity index (χ2v) is 7.17. The minimum absolute atomic E-state index is 0.184. The number of halogens is 1. The molecule has 4 rings (SSSR count). The molecule has 3 heterocycles. The molecule has 4 nitrogen and oxygen atoms in total. The molecule has 0 N–H and O–H groups in total. The molecule has 1 aliphatic rings. The van der Waals surface area contributed by atoms with Gasteiger partial charge in [0.25, 0.3) is 0 Å². The van der Waals surface area contributed by atoms with Crippen LogP contribution in [0.5, 0.6) is 0 Å². The summed E-state index contributed by atoms with van der Waals surface area (Å²) in [6, 6.07) is 13.4. The van der Waals surface area contributed by atoms with Gasteiger partial charge in [-0.25, -0.2) is 9.40 Å². The highest BCUT2D eigenvalue weighted by molar-refractivity contribution is 7.12. The van der Waals surface area contributed by atoms with Gasteiger partial charge in [0.05, 0.1) is 18.0 Å². The smallest absolute Gasteiger partial charge is 0.310 e. The van der Waals surface area contributed by atoms with E-state index < -0.39 is 0 Å². The maximum Gasteiger partial charge on any atom is 0.310 e. The van der Waals surface area contributed by atoms with Crippen molar-refractivity contribution in [1.29, 1.82) is 0 Å². The lowest BCUT2D eigenvalue weighted by molar-refractivity contribution is 0.0681. The van der Waals surface area contributed by atoms with Crippen molar-refractivity contribution in [3.05, 3.63) is 81.7 Å². The third kappa shape index (κ3) is 3.00. The Morgan fingerprint density at radius 1 is 1.24 bits per heavy atom. The van der Waals surface area contributed by atoms with Crippen molar-refractivity contribution in [2.75, 3.05) is 0 Å². The highest BCUT2D eigenvalue weighted by atomic mass is 32.1. The first kappa shape index (κ1) is 15.8. The largest absolute Gasteiger partial charge is 0.459 e. The highest BCUT2D eigenvalue weighted by Crippen LogP contribution is 2.37. The molecule has 1 aromatic carbocycles. The van der Waals surface area contributed by atoms with Crippen LogP contribution >= 0.6 is 11.3 Å². The molecule has 3 aromatic rings. The van der Waals surface area contributed by atoms with Crippen LogP contribution in [0.3, 0.4) is 0 Å². The Morgan fingerprint density at radius 2 is 2.04 bits per heavy atom. The lowest BCUT2D eigenvalue weighted by Gasteiger charge is -2.19. The van der Waals surface area contributed by atoms with Crippen LogP contribution < -0.4 is 0 Å². The van der Waals surface area contributed by atoms with Crippen molar-refractivity contribution in [2.45, 2.75) is 19.4 Å². The molecule has 2 aromatic heterocycles. The lowest BCUT2D eigenvalue weighted by Crippen LogP contribution is -2.26. The molecule has 0 saturated carbocycles. The van der Waals surface area contributed by atoms with Crippen molar-refractivity contribution in [1.82, 2.24) is 5.01 Å². The first-order valence-electron chi connectivity index (χ1n) is 7.88. The average Bonchev–Trinajstić information content (AvgIpc) is 3.35. The van der Waals surface area contributed by atoms with Gasteiger partial charge in [-0.15, -0.1) is 11.3 Å². The summed E-state index contributed by atoms with van der Waals surface area (Å²) in [5.41, 5.74) is 1.57. The maximum atomic E-state index is 13.2. The van der Waals surface area contributed by atoms with Gasteiger partial charge in [0, 0.05) is 16.2 Å². The number of furan rings is 1. The average molecular weight is 354 g/mol. The molecule has 0 saturated heterocycles. The first-order chi connectivity index (χ1) is 12.1. The van der Waals surface area contributed by atoms with E-state index in [9.17, 15) is 9.18 Å². The van der Waals surface area contributed by atoms with Crippen LogP contribution in [0.1, 0.15) is 38.3 Å². The quantitative estimate of drug-likeness (QED) is 0.679. The van der Waals surface area contributed by atoms with Gasteiger partial charge in [0.2, 0.25) is 0 Å². The molecule has 0 radical (unpaired) electrons. The number of benzene rings is 1. The Morgan fingerprint density at radius 3 is 2.68 bits per heavy atom. The molecular weight excluding hydrogens is 339 g/mol. The van der Waals surface area contributed by atoms with Gasteiger partial charge in [-0.1, -0.05) is 12.1 Å². The molecule has 6 heteroatoms. The van der Waals surface area contributed by atoms with E-state index in [0.717, 1.165) is 16.2 Å². The van der Waals surface area contributed by atoms with Crippen molar-refractivity contribution in [2.24, 2.45) is 5.10 Å². The molecule has 0 spiro atoms. The van der Waals surface area contributed by atoms with Crippen LogP contribution in [0.15, 0.2) is 64.3 Å². The van der Waals surface area contributed by atoms with Gasteiger partial charge < -0.3 is 4.42 Å². The van der Waals surface area contributed by atoms with Gasteiger partial charge in [0.1, 0.15) is 5.82 Å². The van der Waals surface area contributed by atoms with Crippen LogP contribution in [0.4, 0.5) is 4.39 Å². The SMILES string of the molecule is Cc1ccc([C@@H]2CC(c3ccc(F)cc3)=NN2C(=O)c2ccco2)s1. The van der Waals surface area contributed by atoms with Crippen LogP contribution in [-0.2, 0) is 0 Å². The third-order valence-electron chi connectivity index (χ3n) is 4.12. The molecule has 0 unspecified atom stereocenters. The predicted octanol–water partition coefficient (Wildman–Crippen LogP) is 4.78. The minimum Gasteiger partial charge on any atom is -0.459 e. The molecule has 0 aliphatic carbocycles. The Labute approximate surface area is 148 Å². The van der Waals surface area contributed by atoms with E-state index in [1.807, 2.05) is 19.1 Å². The van der Waals surface area contributed by atoms with E-state index >= 15 is 0 Å². The Kier molecular flexibility index (Phi) is 3.97. The van der Waals surface area contributed by atoms with Crippen molar-refractivity contribution in [3.63, 3.8) is 0 Å². The van der Waals surface area contributed by atoms with Crippen LogP contribution in [0, 0.1) is 12.7 Å². The summed E-state index contributed by atoms with van der Waals surface area (Å²) < 4.78 is 18.4. The number of hydrogen-bond donors (Lipinski definition) is 0. The van der Waals surface area contributed by atoms with Gasteiger partial charge in [0.15, 0.2) is 5.76 Å². The molecule has 1 amide bonds. The molecule has 25 heavy (non-hydrogen) atoms. The zero-order valence-corrected chi connectivity index (χ0v) is 14.3. The van der Waals surface area contributed by atoms with Gasteiger partial charge >= 0.3 is 5.91 Å². The second kappa shape index (κ2) is 6.29. The highest BCUT2D eigenvalue weighted by Gasteiger charge is 2.35. The second-order valence-electron chi connectivity index (χ2n) is 5.85. The number of hydrogen-bond acceptors (Lipinski definition) is 4. The van der Waals surface area contributed by atoms with Crippen LogP contribution in [0.2, 0.25) is 0 Å². The van der Waals surface area contributed by atoms with Crippen molar-refractivity contribution in [3.8, 4) is 0 Å². The van der Waals surface area contributed by atoms with E-state index in [-0.39, 0.29) is 23.5 Å². The van der Waals surface area contributed by atoms with Gasteiger partial charge in [-0.05, 0) is 48.9 Å². The zero-order chi connectivity index (χ0) is 17.4. The van der Waals surface area contributed by atoms with E-state index in [1.165, 1.54) is 28.3 Å². The van der Waals surface area contributed by atoms with E-state index in [0.29, 0.717) is 6.42 Å². The summed E-state index contributed by atoms with van der Waals surface area (Å²) in [5.74, 6) is -0.322. The summed E-state index contributed by atoms with van der Waals surface area (Å²) in [4.78, 5) is 15.0. The summed E-state index contributed by atoms with van der Waals surface area (Å²) in [5, 5.41) is 6.01. The fourth-order valence-electron chi connectivity index (χ4n) is 2.88. The monoisotopic (exact) mass is 354 g/mol. The summed E-state index contributed by atoms with van der Waals surface area (Å²) in [6.45, 7) is 2.03. The fourth-order valence-corrected chi connectivity index (χ4v) is 3.84. The lowest BCUT2D eigenvalue weighted by atomic mass is 10.0. The molecule has 0 bridgehead atoms. The van der Waals surface area contributed by atoms with Crippen molar-refractivity contribution < 1.29 is 13.6 Å². The Bertz CT molecular complexity index is 929. The number of hydrazone groups is 1. The number of nitrogens with zero attached hydrogens (tertiary/aromatic N) is 2. The predicted molar refractivity (Wildman–Crippen MR) is 94.2 cm³/mol. The summed E-state index contributed by atoms with van der Waals surface area (Å²) >= 11 is 1.65. The number of rotatable bonds is 3. The molecule has 0 fully saturated rings. The number of amides is 1. The minimum atomic E-state index is -0.295.